The lowest BCUT2D eigenvalue weighted by molar-refractivity contribution is 0.0531. The molecule has 5 rings (SSSR count). The lowest BCUT2D eigenvalue weighted by Gasteiger charge is -2.23. The molecular weight excluding hydrogens is 556 g/mol. The van der Waals surface area contributed by atoms with Gasteiger partial charge in [0.2, 0.25) is 5.76 Å². The Balaban J connectivity index is 1.69. The third-order valence-electron chi connectivity index (χ3n) is 7.45. The average molecular weight is 591 g/mol. The molecule has 42 heavy (non-hydrogen) atoms. The molecule has 9 nitrogen and oxygen atoms in total. The molecule has 10 heteroatoms. The van der Waals surface area contributed by atoms with Crippen molar-refractivity contribution in [3.8, 4) is 11.5 Å². The van der Waals surface area contributed by atoms with E-state index in [9.17, 15) is 14.4 Å². The van der Waals surface area contributed by atoms with Gasteiger partial charge in [0.15, 0.2) is 22.1 Å². The number of esters is 1. The van der Waals surface area contributed by atoms with Crippen LogP contribution in [0, 0.1) is 20.8 Å². The quantitative estimate of drug-likeness (QED) is 0.149. The van der Waals surface area contributed by atoms with Crippen LogP contribution in [0.3, 0.4) is 0 Å². The van der Waals surface area contributed by atoms with Gasteiger partial charge in [0.1, 0.15) is 10.5 Å². The maximum absolute atomic E-state index is 14.1. The number of benzene rings is 2. The SMILES string of the molecule is CCCCCOc1ccc(C2c3c(oc4cc(C)c(C)cc4c3=O)C(=O)N2c2nc(C)c(C(=O)OCC)s2)cc1OC. The molecule has 2 aromatic carbocycles. The Bertz CT molecular complexity index is 1740. The number of rotatable bonds is 10. The fraction of sp³-hybridized carbons (Fsp3) is 0.375. The number of ether oxygens (including phenoxy) is 3. The van der Waals surface area contributed by atoms with Crippen LogP contribution in [0.25, 0.3) is 11.0 Å². The molecule has 0 saturated carbocycles. The van der Waals surface area contributed by atoms with E-state index in [1.807, 2.05) is 19.9 Å². The van der Waals surface area contributed by atoms with Crippen molar-refractivity contribution in [2.75, 3.05) is 25.2 Å². The Hall–Kier alpha value is -4.18. The largest absolute Gasteiger partial charge is 0.493 e. The van der Waals surface area contributed by atoms with Gasteiger partial charge in [-0.15, -0.1) is 0 Å². The zero-order chi connectivity index (χ0) is 30.1. The standard InChI is InChI=1S/C32H34N2O7S/c1-7-9-10-13-40-22-12-11-20(16-24(22)38-6)26-25-27(35)21-14-17(3)18(4)15-23(21)41-28(25)30(36)34(26)32-33-19(5)29(42-32)31(37)39-8-2/h11-12,14-16,26H,7-10,13H2,1-6H3. The predicted octanol–water partition coefficient (Wildman–Crippen LogP) is 6.68. The number of hydrogen-bond acceptors (Lipinski definition) is 9. The molecule has 0 fully saturated rings. The third-order valence-corrected chi connectivity index (χ3v) is 8.58. The molecule has 1 amide bonds. The van der Waals surface area contributed by atoms with Crippen molar-refractivity contribution in [2.24, 2.45) is 0 Å². The summed E-state index contributed by atoms with van der Waals surface area (Å²) in [5.74, 6) is -0.0409. The predicted molar refractivity (Wildman–Crippen MR) is 161 cm³/mol. The lowest BCUT2D eigenvalue weighted by Crippen LogP contribution is -2.29. The van der Waals surface area contributed by atoms with Crippen LogP contribution in [0.1, 0.15) is 87.3 Å². The van der Waals surface area contributed by atoms with Crippen molar-refractivity contribution < 1.29 is 28.2 Å². The molecule has 0 radical (unpaired) electrons. The van der Waals surface area contributed by atoms with E-state index in [1.165, 1.54) is 4.90 Å². The van der Waals surface area contributed by atoms with Gasteiger partial charge in [0.25, 0.3) is 5.91 Å². The van der Waals surface area contributed by atoms with Crippen molar-refractivity contribution in [1.29, 1.82) is 0 Å². The maximum Gasteiger partial charge on any atom is 0.350 e. The smallest absolute Gasteiger partial charge is 0.350 e. The van der Waals surface area contributed by atoms with Gasteiger partial charge in [-0.25, -0.2) is 9.78 Å². The summed E-state index contributed by atoms with van der Waals surface area (Å²) in [6.07, 6.45) is 3.05. The van der Waals surface area contributed by atoms with Crippen LogP contribution in [0.2, 0.25) is 0 Å². The fourth-order valence-corrected chi connectivity index (χ4v) is 6.11. The number of methoxy groups -OCH3 is 1. The molecule has 0 bridgehead atoms. The number of carbonyl (C=O) groups excluding carboxylic acids is 2. The molecule has 3 heterocycles. The summed E-state index contributed by atoms with van der Waals surface area (Å²) >= 11 is 1.04. The normalized spacial score (nSPS) is 14.4. The highest BCUT2D eigenvalue weighted by atomic mass is 32.1. The first-order valence-corrected chi connectivity index (χ1v) is 14.9. The molecule has 0 N–H and O–H groups in total. The van der Waals surface area contributed by atoms with E-state index in [4.69, 9.17) is 18.6 Å². The van der Waals surface area contributed by atoms with Gasteiger partial charge in [-0.05, 0) is 75.1 Å². The number of unbranched alkanes of at least 4 members (excludes halogenated alkanes) is 2. The number of aryl methyl sites for hydroxylation is 3. The second kappa shape index (κ2) is 12.0. The molecule has 0 spiro atoms. The number of carbonyl (C=O) groups is 2. The molecule has 0 saturated heterocycles. The van der Waals surface area contributed by atoms with Crippen molar-refractivity contribution in [1.82, 2.24) is 4.98 Å². The van der Waals surface area contributed by atoms with E-state index < -0.39 is 17.9 Å². The zero-order valence-electron chi connectivity index (χ0n) is 24.7. The van der Waals surface area contributed by atoms with Gasteiger partial charge < -0.3 is 18.6 Å². The summed E-state index contributed by atoms with van der Waals surface area (Å²) in [4.78, 5) is 47.1. The van der Waals surface area contributed by atoms with Crippen molar-refractivity contribution in [2.45, 2.75) is 59.9 Å². The molecule has 0 aliphatic carbocycles. The second-order valence-corrected chi connectivity index (χ2v) is 11.3. The number of hydrogen-bond donors (Lipinski definition) is 0. The maximum atomic E-state index is 14.1. The number of nitrogens with zero attached hydrogens (tertiary/aromatic N) is 2. The van der Waals surface area contributed by atoms with E-state index in [0.29, 0.717) is 45.2 Å². The van der Waals surface area contributed by atoms with Crippen LogP contribution in [-0.4, -0.2) is 37.2 Å². The van der Waals surface area contributed by atoms with Crippen LogP contribution in [0.4, 0.5) is 5.13 Å². The van der Waals surface area contributed by atoms with Gasteiger partial charge in [-0.2, -0.15) is 0 Å². The highest BCUT2D eigenvalue weighted by molar-refractivity contribution is 7.17. The fourth-order valence-electron chi connectivity index (χ4n) is 5.12. The Morgan fingerprint density at radius 2 is 1.81 bits per heavy atom. The molecule has 220 valence electrons. The van der Waals surface area contributed by atoms with Gasteiger partial charge in [0.05, 0.1) is 43.0 Å². The summed E-state index contributed by atoms with van der Waals surface area (Å²) in [5, 5.41) is 0.647. The number of aromatic nitrogens is 1. The first-order chi connectivity index (χ1) is 20.2. The highest BCUT2D eigenvalue weighted by Gasteiger charge is 2.45. The first-order valence-electron chi connectivity index (χ1n) is 14.1. The Kier molecular flexibility index (Phi) is 8.36. The highest BCUT2D eigenvalue weighted by Crippen LogP contribution is 2.45. The molecular formula is C32H34N2O7S. The number of thiazole rings is 1. The van der Waals surface area contributed by atoms with Crippen molar-refractivity contribution in [3.05, 3.63) is 79.1 Å². The van der Waals surface area contributed by atoms with Gasteiger partial charge >= 0.3 is 5.97 Å². The summed E-state index contributed by atoms with van der Waals surface area (Å²) in [7, 11) is 1.55. The molecule has 4 aromatic rings. The Labute approximate surface area is 248 Å². The molecule has 1 unspecified atom stereocenters. The van der Waals surface area contributed by atoms with Crippen LogP contribution in [-0.2, 0) is 4.74 Å². The minimum atomic E-state index is -0.876. The van der Waals surface area contributed by atoms with Crippen LogP contribution >= 0.6 is 11.3 Å². The van der Waals surface area contributed by atoms with Crippen LogP contribution in [0.5, 0.6) is 11.5 Å². The number of anilines is 1. The van der Waals surface area contributed by atoms with Crippen LogP contribution < -0.4 is 19.8 Å². The molecule has 1 aliphatic heterocycles. The monoisotopic (exact) mass is 590 g/mol. The average Bonchev–Trinajstić information content (AvgIpc) is 3.49. The minimum Gasteiger partial charge on any atom is -0.493 e. The molecule has 1 aliphatic rings. The summed E-state index contributed by atoms with van der Waals surface area (Å²) < 4.78 is 23.0. The molecule has 2 aromatic heterocycles. The number of fused-ring (bicyclic) bond motifs is 2. The number of amides is 1. The van der Waals surface area contributed by atoms with E-state index in [-0.39, 0.29) is 28.5 Å². The summed E-state index contributed by atoms with van der Waals surface area (Å²) in [6.45, 7) is 10.1. The lowest BCUT2D eigenvalue weighted by atomic mass is 9.97. The third kappa shape index (κ3) is 5.15. The van der Waals surface area contributed by atoms with Crippen LogP contribution in [0.15, 0.2) is 39.5 Å². The van der Waals surface area contributed by atoms with Gasteiger partial charge in [-0.1, -0.05) is 37.2 Å². The Morgan fingerprint density at radius 3 is 2.52 bits per heavy atom. The second-order valence-electron chi connectivity index (χ2n) is 10.3. The van der Waals surface area contributed by atoms with Crippen molar-refractivity contribution >= 4 is 39.3 Å². The van der Waals surface area contributed by atoms with E-state index in [0.717, 1.165) is 41.7 Å². The summed E-state index contributed by atoms with van der Waals surface area (Å²) in [5.41, 5.74) is 3.17. The topological polar surface area (TPSA) is 108 Å². The first kappa shape index (κ1) is 29.3. The zero-order valence-corrected chi connectivity index (χ0v) is 25.5. The van der Waals surface area contributed by atoms with E-state index in [2.05, 4.69) is 11.9 Å². The van der Waals surface area contributed by atoms with Gasteiger partial charge in [0, 0.05) is 0 Å². The van der Waals surface area contributed by atoms with Crippen molar-refractivity contribution in [3.63, 3.8) is 0 Å². The van der Waals surface area contributed by atoms with E-state index >= 15 is 0 Å². The van der Waals surface area contributed by atoms with Gasteiger partial charge in [-0.3, -0.25) is 14.5 Å². The summed E-state index contributed by atoms with van der Waals surface area (Å²) in [6, 6.07) is 8.06. The minimum absolute atomic E-state index is 0.0508. The molecule has 1 atom stereocenters. The van der Waals surface area contributed by atoms with E-state index in [1.54, 1.807) is 45.2 Å². The Morgan fingerprint density at radius 1 is 1.05 bits per heavy atom.